The van der Waals surface area contributed by atoms with Gasteiger partial charge in [0, 0.05) is 22.8 Å². The molecule has 1 heterocycles. The Labute approximate surface area is 202 Å². The molecule has 9 heteroatoms. The predicted octanol–water partition coefficient (Wildman–Crippen LogP) is 4.90. The van der Waals surface area contributed by atoms with Crippen molar-refractivity contribution in [3.05, 3.63) is 83.2 Å². The van der Waals surface area contributed by atoms with Crippen LogP contribution in [0.15, 0.2) is 66.3 Å². The number of rotatable bonds is 10. The van der Waals surface area contributed by atoms with Gasteiger partial charge >= 0.3 is 0 Å². The van der Waals surface area contributed by atoms with E-state index in [1.165, 1.54) is 17.3 Å². The summed E-state index contributed by atoms with van der Waals surface area (Å²) in [7, 11) is 0. The second-order valence-corrected chi connectivity index (χ2v) is 8.71. The molecular weight excluding hydrogens is 458 g/mol. The molecule has 0 aliphatic heterocycles. The Kier molecular flexibility index (Phi) is 8.68. The van der Waals surface area contributed by atoms with Crippen molar-refractivity contribution in [2.75, 3.05) is 11.1 Å². The first-order valence-electron chi connectivity index (χ1n) is 10.5. The zero-order chi connectivity index (χ0) is 23.8. The molecule has 0 radical (unpaired) electrons. The molecule has 172 valence electrons. The summed E-state index contributed by atoms with van der Waals surface area (Å²) >= 11 is 7.17. The zero-order valence-corrected chi connectivity index (χ0v) is 20.1. The van der Waals surface area contributed by atoms with Crippen molar-refractivity contribution < 1.29 is 9.59 Å². The number of aromatic nitrogens is 3. The number of thioether (sulfide) groups is 1. The molecule has 1 aromatic heterocycles. The Morgan fingerprint density at radius 1 is 1.15 bits per heavy atom. The van der Waals surface area contributed by atoms with Gasteiger partial charge in [0.1, 0.15) is 0 Å². The zero-order valence-electron chi connectivity index (χ0n) is 18.5. The van der Waals surface area contributed by atoms with Gasteiger partial charge in [0.2, 0.25) is 5.91 Å². The van der Waals surface area contributed by atoms with E-state index >= 15 is 0 Å². The van der Waals surface area contributed by atoms with E-state index in [0.717, 1.165) is 12.1 Å². The molecule has 0 unspecified atom stereocenters. The van der Waals surface area contributed by atoms with Crippen molar-refractivity contribution in [3.63, 3.8) is 0 Å². The summed E-state index contributed by atoms with van der Waals surface area (Å²) in [6, 6.07) is 14.0. The minimum absolute atomic E-state index is 0.136. The summed E-state index contributed by atoms with van der Waals surface area (Å²) in [5, 5.41) is 15.4. The maximum Gasteiger partial charge on any atom is 0.251 e. The quantitative estimate of drug-likeness (QED) is 0.316. The SMILES string of the molecule is C=CCn1c(SCC(=O)Nc2ccc(CC)cc2)nnc1[C@H](C)NC(=O)c1ccc(Cl)cc1. The van der Waals surface area contributed by atoms with Crippen molar-refractivity contribution in [1.82, 2.24) is 20.1 Å². The maximum atomic E-state index is 12.6. The predicted molar refractivity (Wildman–Crippen MR) is 133 cm³/mol. The Morgan fingerprint density at radius 2 is 1.85 bits per heavy atom. The number of amides is 2. The number of hydrogen-bond donors (Lipinski definition) is 2. The molecule has 0 spiro atoms. The van der Waals surface area contributed by atoms with Crippen LogP contribution in [0.2, 0.25) is 5.02 Å². The average Bonchev–Trinajstić information content (AvgIpc) is 3.21. The normalized spacial score (nSPS) is 11.6. The highest BCUT2D eigenvalue weighted by molar-refractivity contribution is 7.99. The highest BCUT2D eigenvalue weighted by Crippen LogP contribution is 2.22. The van der Waals surface area contributed by atoms with Gasteiger partial charge < -0.3 is 15.2 Å². The summed E-state index contributed by atoms with van der Waals surface area (Å²) in [6.45, 7) is 8.16. The molecule has 0 saturated carbocycles. The first kappa shape index (κ1) is 24.5. The van der Waals surface area contributed by atoms with E-state index < -0.39 is 6.04 Å². The van der Waals surface area contributed by atoms with E-state index in [4.69, 9.17) is 11.6 Å². The first-order valence-corrected chi connectivity index (χ1v) is 11.9. The van der Waals surface area contributed by atoms with Crippen LogP contribution in [0, 0.1) is 0 Å². The minimum Gasteiger partial charge on any atom is -0.342 e. The van der Waals surface area contributed by atoms with Crippen LogP contribution in [0.3, 0.4) is 0 Å². The van der Waals surface area contributed by atoms with Gasteiger partial charge in [0.25, 0.3) is 5.91 Å². The summed E-state index contributed by atoms with van der Waals surface area (Å²) in [6.07, 6.45) is 2.67. The van der Waals surface area contributed by atoms with Crippen molar-refractivity contribution in [2.45, 2.75) is 38.0 Å². The molecule has 1 atom stereocenters. The van der Waals surface area contributed by atoms with Crippen LogP contribution < -0.4 is 10.6 Å². The van der Waals surface area contributed by atoms with Gasteiger partial charge in [-0.25, -0.2) is 0 Å². The average molecular weight is 484 g/mol. The molecule has 33 heavy (non-hydrogen) atoms. The number of allylic oxidation sites excluding steroid dienone is 1. The smallest absolute Gasteiger partial charge is 0.251 e. The molecule has 3 rings (SSSR count). The van der Waals surface area contributed by atoms with Crippen LogP contribution in [-0.2, 0) is 17.8 Å². The minimum atomic E-state index is -0.402. The van der Waals surface area contributed by atoms with Crippen LogP contribution >= 0.6 is 23.4 Å². The third kappa shape index (κ3) is 6.69. The second-order valence-electron chi connectivity index (χ2n) is 7.33. The number of benzene rings is 2. The van der Waals surface area contributed by atoms with Gasteiger partial charge in [0.15, 0.2) is 11.0 Å². The second kappa shape index (κ2) is 11.7. The number of carbonyl (C=O) groups is 2. The molecule has 2 amide bonds. The number of aryl methyl sites for hydroxylation is 1. The van der Waals surface area contributed by atoms with E-state index in [1.54, 1.807) is 30.3 Å². The fourth-order valence-corrected chi connectivity index (χ4v) is 4.01. The highest BCUT2D eigenvalue weighted by atomic mass is 35.5. The van der Waals surface area contributed by atoms with Crippen LogP contribution in [0.4, 0.5) is 5.69 Å². The number of nitrogens with one attached hydrogen (secondary N) is 2. The molecular formula is C24H26ClN5O2S. The third-order valence-electron chi connectivity index (χ3n) is 4.88. The Morgan fingerprint density at radius 3 is 2.48 bits per heavy atom. The lowest BCUT2D eigenvalue weighted by atomic mass is 10.1. The Balaban J connectivity index is 1.64. The summed E-state index contributed by atoms with van der Waals surface area (Å²) in [5.74, 6) is 0.379. The third-order valence-corrected chi connectivity index (χ3v) is 6.10. The molecule has 0 saturated heterocycles. The largest absolute Gasteiger partial charge is 0.342 e. The molecule has 0 fully saturated rings. The maximum absolute atomic E-state index is 12.6. The number of hydrogen-bond acceptors (Lipinski definition) is 5. The van der Waals surface area contributed by atoms with Crippen molar-refractivity contribution in [2.24, 2.45) is 0 Å². The first-order chi connectivity index (χ1) is 15.9. The topological polar surface area (TPSA) is 88.9 Å². The van der Waals surface area contributed by atoms with Crippen LogP contribution in [0.5, 0.6) is 0 Å². The number of anilines is 1. The molecule has 2 aromatic carbocycles. The monoisotopic (exact) mass is 483 g/mol. The van der Waals surface area contributed by atoms with Crippen molar-refractivity contribution in [1.29, 1.82) is 0 Å². The Hall–Kier alpha value is -3.10. The fraction of sp³-hybridized carbons (Fsp3) is 0.250. The summed E-state index contributed by atoms with van der Waals surface area (Å²) in [5.41, 5.74) is 2.47. The van der Waals surface area contributed by atoms with Gasteiger partial charge in [0.05, 0.1) is 11.8 Å². The van der Waals surface area contributed by atoms with Gasteiger partial charge in [-0.1, -0.05) is 48.5 Å². The van der Waals surface area contributed by atoms with Crippen LogP contribution in [-0.4, -0.2) is 32.3 Å². The molecule has 2 N–H and O–H groups in total. The lowest BCUT2D eigenvalue weighted by Crippen LogP contribution is -2.28. The van der Waals surface area contributed by atoms with Gasteiger partial charge in [-0.2, -0.15) is 0 Å². The van der Waals surface area contributed by atoms with Gasteiger partial charge in [-0.15, -0.1) is 16.8 Å². The highest BCUT2D eigenvalue weighted by Gasteiger charge is 2.20. The van der Waals surface area contributed by atoms with E-state index in [2.05, 4.69) is 34.3 Å². The van der Waals surface area contributed by atoms with E-state index in [-0.39, 0.29) is 17.6 Å². The summed E-state index contributed by atoms with van der Waals surface area (Å²) in [4.78, 5) is 25.0. The Bertz CT molecular complexity index is 1110. The fourth-order valence-electron chi connectivity index (χ4n) is 3.12. The van der Waals surface area contributed by atoms with E-state index in [0.29, 0.717) is 28.1 Å². The van der Waals surface area contributed by atoms with E-state index in [1.807, 2.05) is 35.8 Å². The molecule has 7 nitrogen and oxygen atoms in total. The number of carbonyl (C=O) groups excluding carboxylic acids is 2. The standard InChI is InChI=1S/C24H26ClN5O2S/c1-4-14-30-22(16(3)26-23(32)18-8-10-19(25)11-9-18)28-29-24(30)33-15-21(31)27-20-12-6-17(5-2)7-13-20/h4,6-13,16H,1,5,14-15H2,2-3H3,(H,26,32)(H,27,31)/t16-/m0/s1. The van der Waals surface area contributed by atoms with Gasteiger partial charge in [-0.3, -0.25) is 9.59 Å². The lowest BCUT2D eigenvalue weighted by molar-refractivity contribution is -0.113. The summed E-state index contributed by atoms with van der Waals surface area (Å²) < 4.78 is 1.84. The van der Waals surface area contributed by atoms with Gasteiger partial charge in [-0.05, 0) is 55.3 Å². The van der Waals surface area contributed by atoms with Crippen molar-refractivity contribution >= 4 is 40.9 Å². The number of halogens is 1. The lowest BCUT2D eigenvalue weighted by Gasteiger charge is -2.15. The molecule has 0 aliphatic carbocycles. The van der Waals surface area contributed by atoms with Crippen LogP contribution in [0.1, 0.15) is 41.6 Å². The van der Waals surface area contributed by atoms with Crippen molar-refractivity contribution in [3.8, 4) is 0 Å². The van der Waals surface area contributed by atoms with Crippen LogP contribution in [0.25, 0.3) is 0 Å². The molecule has 0 bridgehead atoms. The molecule has 3 aromatic rings. The number of nitrogens with zero attached hydrogens (tertiary/aromatic N) is 3. The molecule has 0 aliphatic rings. The van der Waals surface area contributed by atoms with E-state index in [9.17, 15) is 9.59 Å².